The molecule has 0 amide bonds. The van der Waals surface area contributed by atoms with Gasteiger partial charge in [-0.3, -0.25) is 0 Å². The molecule has 0 aliphatic carbocycles. The molecule has 0 spiro atoms. The lowest BCUT2D eigenvalue weighted by Gasteiger charge is -2.22. The SMILES string of the molecule is COC[C@@H](NCC(F)(F)CN)c1ccnc(Cl)c1. The molecule has 0 aliphatic rings. The predicted molar refractivity (Wildman–Crippen MR) is 65.9 cm³/mol. The van der Waals surface area contributed by atoms with Crippen LogP contribution in [0.4, 0.5) is 8.78 Å². The Balaban J connectivity index is 2.71. The van der Waals surface area contributed by atoms with E-state index in [2.05, 4.69) is 10.3 Å². The van der Waals surface area contributed by atoms with E-state index in [4.69, 9.17) is 22.1 Å². The van der Waals surface area contributed by atoms with Gasteiger partial charge in [-0.15, -0.1) is 0 Å². The molecule has 0 fully saturated rings. The highest BCUT2D eigenvalue weighted by Crippen LogP contribution is 2.18. The number of rotatable bonds is 7. The summed E-state index contributed by atoms with van der Waals surface area (Å²) in [4.78, 5) is 3.84. The fraction of sp³-hybridized carbons (Fsp3) is 0.545. The summed E-state index contributed by atoms with van der Waals surface area (Å²) in [5.41, 5.74) is 5.72. The second-order valence-electron chi connectivity index (χ2n) is 3.86. The van der Waals surface area contributed by atoms with Crippen molar-refractivity contribution in [2.24, 2.45) is 5.73 Å². The van der Waals surface area contributed by atoms with Gasteiger partial charge >= 0.3 is 0 Å². The average Bonchev–Trinajstić information content (AvgIpc) is 2.34. The van der Waals surface area contributed by atoms with Crippen LogP contribution < -0.4 is 11.1 Å². The van der Waals surface area contributed by atoms with E-state index in [1.54, 1.807) is 12.1 Å². The summed E-state index contributed by atoms with van der Waals surface area (Å²) >= 11 is 5.76. The molecule has 0 aliphatic heterocycles. The molecule has 0 unspecified atom stereocenters. The molecule has 1 atom stereocenters. The summed E-state index contributed by atoms with van der Waals surface area (Å²) in [7, 11) is 1.50. The van der Waals surface area contributed by atoms with Gasteiger partial charge in [0.1, 0.15) is 5.15 Å². The van der Waals surface area contributed by atoms with Gasteiger partial charge < -0.3 is 15.8 Å². The van der Waals surface area contributed by atoms with Crippen molar-refractivity contribution in [3.8, 4) is 0 Å². The maximum atomic E-state index is 13.1. The van der Waals surface area contributed by atoms with Crippen LogP contribution in [0.1, 0.15) is 11.6 Å². The number of methoxy groups -OCH3 is 1. The van der Waals surface area contributed by atoms with Gasteiger partial charge in [0.25, 0.3) is 5.92 Å². The molecule has 1 rings (SSSR count). The minimum atomic E-state index is -2.94. The van der Waals surface area contributed by atoms with Crippen molar-refractivity contribution in [3.63, 3.8) is 0 Å². The normalized spacial score (nSPS) is 13.6. The second kappa shape index (κ2) is 6.94. The molecular formula is C11H16ClF2N3O. The van der Waals surface area contributed by atoms with E-state index in [0.717, 1.165) is 5.56 Å². The number of alkyl halides is 2. The molecule has 0 radical (unpaired) electrons. The number of hydrogen-bond donors (Lipinski definition) is 2. The van der Waals surface area contributed by atoms with Gasteiger partial charge in [-0.2, -0.15) is 0 Å². The van der Waals surface area contributed by atoms with E-state index in [9.17, 15) is 8.78 Å². The van der Waals surface area contributed by atoms with Crippen LogP contribution in [-0.2, 0) is 4.74 Å². The summed E-state index contributed by atoms with van der Waals surface area (Å²) < 4.78 is 31.2. The third-order valence-corrected chi connectivity index (χ3v) is 2.60. The molecular weight excluding hydrogens is 264 g/mol. The van der Waals surface area contributed by atoms with E-state index >= 15 is 0 Å². The molecule has 3 N–H and O–H groups in total. The summed E-state index contributed by atoms with van der Waals surface area (Å²) in [5.74, 6) is -2.94. The Morgan fingerprint density at radius 2 is 2.33 bits per heavy atom. The van der Waals surface area contributed by atoms with Crippen LogP contribution in [0.5, 0.6) is 0 Å². The number of nitrogens with one attached hydrogen (secondary N) is 1. The summed E-state index contributed by atoms with van der Waals surface area (Å²) in [6.07, 6.45) is 1.52. The Morgan fingerprint density at radius 1 is 1.61 bits per heavy atom. The van der Waals surface area contributed by atoms with E-state index < -0.39 is 19.0 Å². The largest absolute Gasteiger partial charge is 0.383 e. The molecule has 4 nitrogen and oxygen atoms in total. The lowest BCUT2D eigenvalue weighted by Crippen LogP contribution is -2.41. The van der Waals surface area contributed by atoms with E-state index in [-0.39, 0.29) is 12.6 Å². The summed E-state index contributed by atoms with van der Waals surface area (Å²) in [6, 6.07) is 2.93. The number of nitrogens with zero attached hydrogens (tertiary/aromatic N) is 1. The third-order valence-electron chi connectivity index (χ3n) is 2.39. The third kappa shape index (κ3) is 4.81. The van der Waals surface area contributed by atoms with Crippen molar-refractivity contribution in [3.05, 3.63) is 29.0 Å². The number of aromatic nitrogens is 1. The van der Waals surface area contributed by atoms with Crippen LogP contribution in [-0.4, -0.2) is 37.7 Å². The Kier molecular flexibility index (Phi) is 5.87. The van der Waals surface area contributed by atoms with Crippen molar-refractivity contribution in [2.75, 3.05) is 26.8 Å². The van der Waals surface area contributed by atoms with Crippen molar-refractivity contribution in [1.29, 1.82) is 0 Å². The molecule has 7 heteroatoms. The molecule has 1 aromatic heterocycles. The van der Waals surface area contributed by atoms with Gasteiger partial charge in [-0.1, -0.05) is 11.6 Å². The zero-order chi connectivity index (χ0) is 13.6. The maximum absolute atomic E-state index is 13.1. The molecule has 0 bridgehead atoms. The van der Waals surface area contributed by atoms with Gasteiger partial charge in [0.15, 0.2) is 0 Å². The number of halogens is 3. The van der Waals surface area contributed by atoms with E-state index in [0.29, 0.717) is 5.15 Å². The van der Waals surface area contributed by atoms with Crippen LogP contribution in [0.15, 0.2) is 18.3 Å². The number of pyridine rings is 1. The summed E-state index contributed by atoms with van der Waals surface area (Å²) in [6.45, 7) is -0.963. The van der Waals surface area contributed by atoms with Crippen molar-refractivity contribution in [1.82, 2.24) is 10.3 Å². The first-order valence-corrected chi connectivity index (χ1v) is 5.78. The van der Waals surface area contributed by atoms with Gasteiger partial charge in [-0.05, 0) is 17.7 Å². The van der Waals surface area contributed by atoms with Gasteiger partial charge in [0, 0.05) is 13.3 Å². The highest BCUT2D eigenvalue weighted by atomic mass is 35.5. The first-order valence-electron chi connectivity index (χ1n) is 5.40. The lowest BCUT2D eigenvalue weighted by molar-refractivity contribution is 0.00618. The minimum Gasteiger partial charge on any atom is -0.383 e. The van der Waals surface area contributed by atoms with E-state index in [1.807, 2.05) is 0 Å². The molecule has 18 heavy (non-hydrogen) atoms. The van der Waals surface area contributed by atoms with Gasteiger partial charge in [-0.25, -0.2) is 13.8 Å². The molecule has 0 saturated carbocycles. The average molecular weight is 280 g/mol. The molecule has 1 heterocycles. The molecule has 0 aromatic carbocycles. The smallest absolute Gasteiger partial charge is 0.272 e. The van der Waals surface area contributed by atoms with Crippen LogP contribution in [0.3, 0.4) is 0 Å². The van der Waals surface area contributed by atoms with Gasteiger partial charge in [0.05, 0.1) is 25.7 Å². The Bertz CT molecular complexity index is 379. The standard InChI is InChI=1S/C11H16ClF2N3O/c1-18-5-9(17-7-11(13,14)6-15)8-2-3-16-10(12)4-8/h2-4,9,17H,5-7,15H2,1H3/t9-/m1/s1. The molecule has 0 saturated heterocycles. The molecule has 102 valence electrons. The van der Waals surface area contributed by atoms with Crippen LogP contribution in [0.2, 0.25) is 5.15 Å². The Hall–Kier alpha value is -0.820. The van der Waals surface area contributed by atoms with Gasteiger partial charge in [0.2, 0.25) is 0 Å². The Labute approximate surface area is 109 Å². The monoisotopic (exact) mass is 279 g/mol. The zero-order valence-electron chi connectivity index (χ0n) is 10.00. The highest BCUT2D eigenvalue weighted by molar-refractivity contribution is 6.29. The van der Waals surface area contributed by atoms with Crippen LogP contribution in [0, 0.1) is 0 Å². The fourth-order valence-corrected chi connectivity index (χ4v) is 1.60. The lowest BCUT2D eigenvalue weighted by atomic mass is 10.1. The Morgan fingerprint density at radius 3 is 2.89 bits per heavy atom. The fourth-order valence-electron chi connectivity index (χ4n) is 1.42. The molecule has 1 aromatic rings. The van der Waals surface area contributed by atoms with Crippen molar-refractivity contribution < 1.29 is 13.5 Å². The maximum Gasteiger partial charge on any atom is 0.272 e. The van der Waals surface area contributed by atoms with Crippen LogP contribution >= 0.6 is 11.6 Å². The minimum absolute atomic E-state index is 0.251. The zero-order valence-corrected chi connectivity index (χ0v) is 10.8. The van der Waals surface area contributed by atoms with Crippen molar-refractivity contribution >= 4 is 11.6 Å². The van der Waals surface area contributed by atoms with E-state index in [1.165, 1.54) is 13.3 Å². The topological polar surface area (TPSA) is 60.2 Å². The highest BCUT2D eigenvalue weighted by Gasteiger charge is 2.27. The summed E-state index contributed by atoms with van der Waals surface area (Å²) in [5, 5.41) is 3.02. The first-order chi connectivity index (χ1) is 8.48. The number of nitrogens with two attached hydrogens (primary N) is 1. The number of hydrogen-bond acceptors (Lipinski definition) is 4. The second-order valence-corrected chi connectivity index (χ2v) is 4.25. The van der Waals surface area contributed by atoms with Crippen molar-refractivity contribution in [2.45, 2.75) is 12.0 Å². The first kappa shape index (κ1) is 15.2. The quantitative estimate of drug-likeness (QED) is 0.745. The number of ether oxygens (including phenoxy) is 1. The predicted octanol–water partition coefficient (Wildman–Crippen LogP) is 1.61. The van der Waals surface area contributed by atoms with Crippen LogP contribution in [0.25, 0.3) is 0 Å².